The van der Waals surface area contributed by atoms with Gasteiger partial charge in [0.1, 0.15) is 0 Å². The number of rotatable bonds is 4. The van der Waals surface area contributed by atoms with Crippen LogP contribution in [0.5, 0.6) is 0 Å². The van der Waals surface area contributed by atoms with Crippen LogP contribution < -0.4 is 0 Å². The third-order valence-corrected chi connectivity index (χ3v) is 8.54. The molecule has 206 valence electrons. The van der Waals surface area contributed by atoms with Crippen LogP contribution in [0.2, 0.25) is 0 Å². The second-order valence-electron chi connectivity index (χ2n) is 11.2. The maximum absolute atomic E-state index is 5.06. The Morgan fingerprint density at radius 1 is 0.568 bits per heavy atom. The number of allylic oxidation sites excluding steroid dienone is 10. The van der Waals surface area contributed by atoms with E-state index < -0.39 is 0 Å². The first-order valence-corrected chi connectivity index (χ1v) is 14.8. The first kappa shape index (κ1) is 25.8. The maximum atomic E-state index is 5.06. The van der Waals surface area contributed by atoms with Crippen LogP contribution in [-0.2, 0) is 0 Å². The Bertz CT molecular complexity index is 2280. The second-order valence-corrected chi connectivity index (χ2v) is 11.2. The van der Waals surface area contributed by atoms with Crippen molar-refractivity contribution in [2.45, 2.75) is 0 Å². The third-order valence-electron chi connectivity index (χ3n) is 8.54. The summed E-state index contributed by atoms with van der Waals surface area (Å²) in [6.45, 7) is 8.60. The highest BCUT2D eigenvalue weighted by atomic mass is 14.8. The van der Waals surface area contributed by atoms with Gasteiger partial charge in [-0.2, -0.15) is 0 Å². The molecule has 2 heteroatoms. The molecule has 2 aliphatic rings. The summed E-state index contributed by atoms with van der Waals surface area (Å²) in [7, 11) is 0. The van der Waals surface area contributed by atoms with Gasteiger partial charge in [-0.3, -0.25) is 0 Å². The van der Waals surface area contributed by atoms with Crippen molar-refractivity contribution in [2.75, 3.05) is 0 Å². The molecule has 0 N–H and O–H groups in total. The van der Waals surface area contributed by atoms with Gasteiger partial charge >= 0.3 is 0 Å². The van der Waals surface area contributed by atoms with Gasteiger partial charge in [-0.25, -0.2) is 9.97 Å². The lowest BCUT2D eigenvalue weighted by Gasteiger charge is -2.11. The van der Waals surface area contributed by atoms with Crippen LogP contribution in [0.4, 0.5) is 0 Å². The Morgan fingerprint density at radius 3 is 2.09 bits per heavy atom. The second kappa shape index (κ2) is 10.4. The van der Waals surface area contributed by atoms with Crippen LogP contribution in [0.1, 0.15) is 16.8 Å². The van der Waals surface area contributed by atoms with E-state index in [1.165, 1.54) is 33.0 Å². The summed E-state index contributed by atoms with van der Waals surface area (Å²) < 4.78 is 0. The van der Waals surface area contributed by atoms with Crippen molar-refractivity contribution in [3.8, 4) is 33.5 Å². The summed E-state index contributed by atoms with van der Waals surface area (Å²) >= 11 is 0. The van der Waals surface area contributed by atoms with Crippen molar-refractivity contribution in [3.63, 3.8) is 0 Å². The molecule has 8 rings (SSSR count). The lowest BCUT2D eigenvalue weighted by molar-refractivity contribution is 1.31. The Kier molecular flexibility index (Phi) is 6.13. The Labute approximate surface area is 257 Å². The average Bonchev–Trinajstić information content (AvgIpc) is 3.43. The fraction of sp³-hybridized carbons (Fsp3) is 0. The fourth-order valence-electron chi connectivity index (χ4n) is 6.38. The Hall–Kier alpha value is -5.86. The molecule has 2 heterocycles. The van der Waals surface area contributed by atoms with Crippen LogP contribution in [0.25, 0.3) is 72.0 Å². The van der Waals surface area contributed by atoms with Crippen molar-refractivity contribution >= 4 is 38.5 Å². The van der Waals surface area contributed by atoms with Crippen molar-refractivity contribution in [1.82, 2.24) is 9.97 Å². The summed E-state index contributed by atoms with van der Waals surface area (Å²) in [4.78, 5) is 10.00. The number of nitrogens with zero attached hydrogens (tertiary/aromatic N) is 2. The van der Waals surface area contributed by atoms with E-state index in [1.54, 1.807) is 0 Å². The third kappa shape index (κ3) is 4.28. The van der Waals surface area contributed by atoms with Gasteiger partial charge in [0, 0.05) is 5.56 Å². The van der Waals surface area contributed by atoms with Crippen molar-refractivity contribution in [3.05, 3.63) is 176 Å². The largest absolute Gasteiger partial charge is 0.246 e. The van der Waals surface area contributed by atoms with Crippen LogP contribution in [0.15, 0.2) is 159 Å². The van der Waals surface area contributed by atoms with E-state index in [4.69, 9.17) is 9.97 Å². The molecular weight excluding hydrogens is 532 g/mol. The molecule has 0 saturated heterocycles. The van der Waals surface area contributed by atoms with Gasteiger partial charge in [0.15, 0.2) is 0 Å². The number of pyridine rings is 2. The van der Waals surface area contributed by atoms with Crippen LogP contribution in [0, 0.1) is 0 Å². The van der Waals surface area contributed by atoms with Crippen LogP contribution in [-0.4, -0.2) is 9.97 Å². The highest BCUT2D eigenvalue weighted by Gasteiger charge is 2.22. The molecule has 4 aromatic carbocycles. The number of hydrogen-bond acceptors (Lipinski definition) is 2. The molecule has 0 amide bonds. The first-order valence-electron chi connectivity index (χ1n) is 14.8. The standard InChI is InChI=1S/C42H28N2/c1-27-11-4-3-5-12-29(31-14-7-6-13-30(27)31)20-19-28(2)38-23-25-41-40(43-38)26-24-39(44-41)34-21-22-37-33-16-9-8-15-32(33)35-17-10-18-36(34)42(35)37/h3-26H,1-2H2/b5-3-,11-4-,20-19-,29-12+. The number of benzene rings is 4. The van der Waals surface area contributed by atoms with Gasteiger partial charge in [-0.15, -0.1) is 0 Å². The molecule has 0 spiro atoms. The lowest BCUT2D eigenvalue weighted by Crippen LogP contribution is -1.93. The van der Waals surface area contributed by atoms with Crippen molar-refractivity contribution < 1.29 is 0 Å². The summed E-state index contributed by atoms with van der Waals surface area (Å²) in [6, 6.07) is 36.2. The average molecular weight is 561 g/mol. The molecule has 2 nitrogen and oxygen atoms in total. The normalized spacial score (nSPS) is 16.1. The smallest absolute Gasteiger partial charge is 0.0894 e. The first-order chi connectivity index (χ1) is 21.7. The van der Waals surface area contributed by atoms with Crippen molar-refractivity contribution in [2.24, 2.45) is 0 Å². The van der Waals surface area contributed by atoms with Gasteiger partial charge in [-0.1, -0.05) is 135 Å². The summed E-state index contributed by atoms with van der Waals surface area (Å²) in [5, 5.41) is 2.53. The molecule has 2 aliphatic carbocycles. The zero-order chi connectivity index (χ0) is 29.6. The minimum atomic E-state index is 0.824. The molecule has 0 radical (unpaired) electrons. The molecule has 0 bridgehead atoms. The lowest BCUT2D eigenvalue weighted by atomic mass is 9.94. The van der Waals surface area contributed by atoms with E-state index in [9.17, 15) is 0 Å². The number of aromatic nitrogens is 2. The maximum Gasteiger partial charge on any atom is 0.0894 e. The summed E-state index contributed by atoms with van der Waals surface area (Å²) in [5.41, 5.74) is 14.9. The Balaban J connectivity index is 1.12. The van der Waals surface area contributed by atoms with Crippen molar-refractivity contribution in [1.29, 1.82) is 0 Å². The fourth-order valence-corrected chi connectivity index (χ4v) is 6.38. The zero-order valence-electron chi connectivity index (χ0n) is 24.2. The minimum absolute atomic E-state index is 0.824. The van der Waals surface area contributed by atoms with Gasteiger partial charge in [0.2, 0.25) is 0 Å². The van der Waals surface area contributed by atoms with E-state index in [1.807, 2.05) is 48.6 Å². The molecule has 0 saturated carbocycles. The SMILES string of the molecule is C=C(\C=C/C1=C\C=C/C=C\C(=C)c2ccccc21)c1ccc2nc(-c3ccc4c5c(cccc35)-c3ccccc3-4)ccc2n1. The topological polar surface area (TPSA) is 25.8 Å². The van der Waals surface area contributed by atoms with E-state index in [0.717, 1.165) is 55.8 Å². The zero-order valence-corrected chi connectivity index (χ0v) is 24.2. The highest BCUT2D eigenvalue weighted by Crippen LogP contribution is 2.49. The summed E-state index contributed by atoms with van der Waals surface area (Å²) in [6.07, 6.45) is 14.4. The monoisotopic (exact) mass is 560 g/mol. The van der Waals surface area contributed by atoms with E-state index in [2.05, 4.69) is 110 Å². The van der Waals surface area contributed by atoms with Gasteiger partial charge < -0.3 is 0 Å². The van der Waals surface area contributed by atoms with Gasteiger partial charge in [0.25, 0.3) is 0 Å². The molecular formula is C42H28N2. The molecule has 0 fully saturated rings. The summed E-state index contributed by atoms with van der Waals surface area (Å²) in [5.74, 6) is 0. The predicted octanol–water partition coefficient (Wildman–Crippen LogP) is 10.9. The molecule has 0 atom stereocenters. The number of fused-ring (bicyclic) bond motifs is 5. The van der Waals surface area contributed by atoms with E-state index in [-0.39, 0.29) is 0 Å². The van der Waals surface area contributed by atoms with E-state index >= 15 is 0 Å². The van der Waals surface area contributed by atoms with Gasteiger partial charge in [0.05, 0.1) is 22.4 Å². The predicted molar refractivity (Wildman–Crippen MR) is 187 cm³/mol. The molecule has 44 heavy (non-hydrogen) atoms. The number of hydrogen-bond donors (Lipinski definition) is 0. The molecule has 2 aromatic heterocycles. The van der Waals surface area contributed by atoms with Crippen LogP contribution in [0.3, 0.4) is 0 Å². The Morgan fingerprint density at radius 2 is 1.25 bits per heavy atom. The quantitative estimate of drug-likeness (QED) is 0.200. The van der Waals surface area contributed by atoms with Gasteiger partial charge in [-0.05, 0) is 85.1 Å². The molecule has 6 aromatic rings. The minimum Gasteiger partial charge on any atom is -0.246 e. The van der Waals surface area contributed by atoms with E-state index in [0.29, 0.717) is 0 Å². The van der Waals surface area contributed by atoms with Crippen LogP contribution >= 0.6 is 0 Å². The highest BCUT2D eigenvalue weighted by molar-refractivity contribution is 6.18. The molecule has 0 aliphatic heterocycles. The molecule has 0 unspecified atom stereocenters.